The van der Waals surface area contributed by atoms with E-state index in [1.165, 1.54) is 22.9 Å². The zero-order valence-corrected chi connectivity index (χ0v) is 18.5. The number of anilines is 1. The Morgan fingerprint density at radius 1 is 1.03 bits per heavy atom. The number of benzene rings is 3. The van der Waals surface area contributed by atoms with E-state index in [9.17, 15) is 22.8 Å². The number of para-hydroxylation sites is 1. The lowest BCUT2D eigenvalue weighted by Crippen LogP contribution is -2.25. The lowest BCUT2D eigenvalue weighted by Gasteiger charge is -2.12. The topological polar surface area (TPSA) is 88.4 Å². The van der Waals surface area contributed by atoms with Crippen molar-refractivity contribution in [1.82, 2.24) is 15.0 Å². The number of aromatic nitrogens is 2. The van der Waals surface area contributed by atoms with Gasteiger partial charge in [-0.25, -0.2) is 4.98 Å². The monoisotopic (exact) mass is 479 g/mol. The van der Waals surface area contributed by atoms with Gasteiger partial charge in [-0.1, -0.05) is 24.3 Å². The van der Waals surface area contributed by atoms with Crippen molar-refractivity contribution in [2.45, 2.75) is 13.1 Å². The molecule has 0 saturated heterocycles. The van der Waals surface area contributed by atoms with Gasteiger partial charge in [-0.3, -0.25) is 14.2 Å². The molecule has 7 nitrogen and oxygen atoms in total. The van der Waals surface area contributed by atoms with Crippen molar-refractivity contribution >= 4 is 28.7 Å². The van der Waals surface area contributed by atoms with E-state index >= 15 is 0 Å². The summed E-state index contributed by atoms with van der Waals surface area (Å²) in [5, 5.41) is 7.06. The summed E-state index contributed by atoms with van der Waals surface area (Å²) in [4.78, 5) is 29.5. The molecule has 0 aliphatic heterocycles. The third-order valence-electron chi connectivity index (χ3n) is 5.14. The molecule has 178 valence electrons. The number of amides is 1. The summed E-state index contributed by atoms with van der Waals surface area (Å²) < 4.78 is 39.3. The Labute approximate surface area is 197 Å². The van der Waals surface area contributed by atoms with Gasteiger partial charge in [0.1, 0.15) is 12.4 Å². The molecule has 1 aromatic heterocycles. The largest absolute Gasteiger partial charge is 0.416 e. The Hall–Kier alpha value is -4.47. The fraction of sp³-hybridized carbons (Fsp3) is 0.120. The molecule has 2 N–H and O–H groups in total. The highest BCUT2D eigenvalue weighted by molar-refractivity contribution is 5.92. The molecule has 0 aliphatic carbocycles. The number of hydrogen-bond donors (Lipinski definition) is 2. The van der Waals surface area contributed by atoms with Crippen LogP contribution in [0.25, 0.3) is 16.6 Å². The summed E-state index contributed by atoms with van der Waals surface area (Å²) in [5.41, 5.74) is 3.84. The number of alkyl halides is 3. The number of carbonyl (C=O) groups excluding carboxylic acids is 1. The predicted molar refractivity (Wildman–Crippen MR) is 128 cm³/mol. The maximum absolute atomic E-state index is 12.9. The first-order valence-electron chi connectivity index (χ1n) is 10.5. The van der Waals surface area contributed by atoms with Crippen LogP contribution >= 0.6 is 0 Å². The van der Waals surface area contributed by atoms with Crippen molar-refractivity contribution in [3.05, 3.63) is 100 Å². The second-order valence-corrected chi connectivity index (χ2v) is 7.62. The number of aryl methyl sites for hydroxylation is 1. The van der Waals surface area contributed by atoms with E-state index in [1.807, 2.05) is 6.07 Å². The molecule has 0 aliphatic rings. The Bertz CT molecular complexity index is 1440. The van der Waals surface area contributed by atoms with E-state index in [4.69, 9.17) is 0 Å². The number of fused-ring (bicyclic) bond motifs is 1. The summed E-state index contributed by atoms with van der Waals surface area (Å²) in [5.74, 6) is 0.170. The van der Waals surface area contributed by atoms with Crippen molar-refractivity contribution < 1.29 is 18.0 Å². The average molecular weight is 479 g/mol. The first kappa shape index (κ1) is 23.7. The van der Waals surface area contributed by atoms with Gasteiger partial charge in [0.25, 0.3) is 5.56 Å². The van der Waals surface area contributed by atoms with Crippen LogP contribution in [0.15, 0.2) is 82.7 Å². The molecule has 3 aromatic carbocycles. The molecule has 1 amide bonds. The predicted octanol–water partition coefficient (Wildman–Crippen LogP) is 4.28. The van der Waals surface area contributed by atoms with Gasteiger partial charge in [0.15, 0.2) is 0 Å². The number of hydrazone groups is 1. The van der Waals surface area contributed by atoms with Crippen LogP contribution in [-0.4, -0.2) is 28.2 Å². The summed E-state index contributed by atoms with van der Waals surface area (Å²) >= 11 is 0. The highest BCUT2D eigenvalue weighted by Gasteiger charge is 2.29. The molecule has 35 heavy (non-hydrogen) atoms. The van der Waals surface area contributed by atoms with Crippen LogP contribution in [0.3, 0.4) is 0 Å². The van der Waals surface area contributed by atoms with Gasteiger partial charge in [0.2, 0.25) is 5.91 Å². The Morgan fingerprint density at radius 3 is 2.40 bits per heavy atom. The van der Waals surface area contributed by atoms with Gasteiger partial charge < -0.3 is 10.7 Å². The van der Waals surface area contributed by atoms with Crippen LogP contribution in [0, 0.1) is 6.92 Å². The fourth-order valence-corrected chi connectivity index (χ4v) is 3.44. The van der Waals surface area contributed by atoms with Gasteiger partial charge in [-0.2, -0.15) is 18.3 Å². The Kier molecular flexibility index (Phi) is 6.63. The van der Waals surface area contributed by atoms with E-state index in [0.29, 0.717) is 33.7 Å². The van der Waals surface area contributed by atoms with Crippen LogP contribution in [0.5, 0.6) is 0 Å². The third-order valence-corrected chi connectivity index (χ3v) is 5.14. The molecule has 10 heteroatoms. The molecule has 4 rings (SSSR count). The van der Waals surface area contributed by atoms with Crippen LogP contribution in [0.4, 0.5) is 18.9 Å². The van der Waals surface area contributed by atoms with Gasteiger partial charge in [0, 0.05) is 5.69 Å². The first-order valence-corrected chi connectivity index (χ1v) is 10.5. The van der Waals surface area contributed by atoms with Crippen molar-refractivity contribution in [2.24, 2.45) is 5.10 Å². The quantitative estimate of drug-likeness (QED) is 0.319. The molecule has 0 bridgehead atoms. The van der Waals surface area contributed by atoms with Gasteiger partial charge in [-0.15, -0.1) is 0 Å². The van der Waals surface area contributed by atoms with Crippen molar-refractivity contribution in [2.75, 3.05) is 11.9 Å². The smallest absolute Gasteiger partial charge is 0.325 e. The van der Waals surface area contributed by atoms with Gasteiger partial charge in [-0.05, 0) is 61.0 Å². The summed E-state index contributed by atoms with van der Waals surface area (Å²) in [7, 11) is 0. The van der Waals surface area contributed by atoms with E-state index in [0.717, 1.165) is 12.1 Å². The highest BCUT2D eigenvalue weighted by atomic mass is 19.4. The molecule has 1 heterocycles. The van der Waals surface area contributed by atoms with Gasteiger partial charge in [0.05, 0.1) is 28.4 Å². The minimum Gasteiger partial charge on any atom is -0.325 e. The van der Waals surface area contributed by atoms with Crippen molar-refractivity contribution in [1.29, 1.82) is 0 Å². The van der Waals surface area contributed by atoms with Crippen molar-refractivity contribution in [3.63, 3.8) is 0 Å². The zero-order valence-electron chi connectivity index (χ0n) is 18.5. The summed E-state index contributed by atoms with van der Waals surface area (Å²) in [6.45, 7) is 1.60. The van der Waals surface area contributed by atoms with E-state index in [-0.39, 0.29) is 18.0 Å². The molecule has 0 radical (unpaired) electrons. The first-order chi connectivity index (χ1) is 16.7. The summed E-state index contributed by atoms with van der Waals surface area (Å²) in [6, 6.07) is 18.4. The minimum absolute atomic E-state index is 0.147. The van der Waals surface area contributed by atoms with Crippen molar-refractivity contribution in [3.8, 4) is 5.69 Å². The van der Waals surface area contributed by atoms with Gasteiger partial charge >= 0.3 is 6.18 Å². The third kappa shape index (κ3) is 5.55. The molecular formula is C25H20F3N5O2. The van der Waals surface area contributed by atoms with Crippen LogP contribution in [-0.2, 0) is 11.0 Å². The number of halogens is 3. The number of nitrogens with zero attached hydrogens (tertiary/aromatic N) is 3. The standard InChI is InChI=1S/C25H20F3N5O2/c1-16-31-22-5-3-2-4-21(22)24(35)33(16)20-12-10-19(11-13-20)32-23(34)15-30-29-14-17-6-8-18(9-7-17)25(26,27)28/h2-14,30H,15H2,1H3,(H,32,34)/b29-14+. The molecular weight excluding hydrogens is 459 g/mol. The van der Waals surface area contributed by atoms with Crippen LogP contribution < -0.4 is 16.3 Å². The highest BCUT2D eigenvalue weighted by Crippen LogP contribution is 2.28. The normalized spacial score (nSPS) is 11.7. The molecule has 4 aromatic rings. The van der Waals surface area contributed by atoms with Crippen LogP contribution in [0.1, 0.15) is 17.0 Å². The van der Waals surface area contributed by atoms with Crippen LogP contribution in [0.2, 0.25) is 0 Å². The molecule has 0 saturated carbocycles. The Morgan fingerprint density at radius 2 is 1.71 bits per heavy atom. The molecule has 0 fully saturated rings. The molecule has 0 atom stereocenters. The minimum atomic E-state index is -4.40. The van der Waals surface area contributed by atoms with E-state index in [1.54, 1.807) is 49.4 Å². The van der Waals surface area contributed by atoms with E-state index in [2.05, 4.69) is 20.8 Å². The SMILES string of the molecule is Cc1nc2ccccc2c(=O)n1-c1ccc(NC(=O)CN/N=C/c2ccc(C(F)(F)F)cc2)cc1. The second kappa shape index (κ2) is 9.80. The number of nitrogens with one attached hydrogen (secondary N) is 2. The maximum Gasteiger partial charge on any atom is 0.416 e. The number of rotatable bonds is 6. The second-order valence-electron chi connectivity index (χ2n) is 7.62. The number of carbonyl (C=O) groups is 1. The number of hydrogen-bond acceptors (Lipinski definition) is 5. The molecule has 0 spiro atoms. The lowest BCUT2D eigenvalue weighted by atomic mass is 10.1. The molecule has 0 unspecified atom stereocenters. The lowest BCUT2D eigenvalue weighted by molar-refractivity contribution is -0.137. The maximum atomic E-state index is 12.9. The Balaban J connectivity index is 1.35. The average Bonchev–Trinajstić information content (AvgIpc) is 2.83. The fourth-order valence-electron chi connectivity index (χ4n) is 3.44. The zero-order chi connectivity index (χ0) is 25.0. The summed E-state index contributed by atoms with van der Waals surface area (Å²) in [6.07, 6.45) is -3.08. The van der Waals surface area contributed by atoms with E-state index < -0.39 is 11.7 Å².